The third kappa shape index (κ3) is 6.89. The Balaban J connectivity index is 1.68. The van der Waals surface area contributed by atoms with E-state index in [1.807, 2.05) is 19.0 Å². The standard InChI is InChI=1S/C24H25F4N3O2/c1-30(2)12-13-31(16-17-6-5-7-18(14-17)24(26,27)28)23(32)11-10-22-29-15-21(33-22)19-8-3-4-9-20(19)25/h3-9,14-15H,10-13,16H2,1-2H3. The average molecular weight is 463 g/mol. The molecule has 0 saturated heterocycles. The Morgan fingerprint density at radius 3 is 2.52 bits per heavy atom. The molecule has 1 aromatic heterocycles. The molecule has 0 aliphatic rings. The van der Waals surface area contributed by atoms with Gasteiger partial charge in [-0.25, -0.2) is 9.37 Å². The molecular formula is C24H25F4N3O2. The average Bonchev–Trinajstić information content (AvgIpc) is 3.23. The molecular weight excluding hydrogens is 438 g/mol. The van der Waals surface area contributed by atoms with Gasteiger partial charge in [0.05, 0.1) is 17.3 Å². The number of carbonyl (C=O) groups is 1. The Bertz CT molecular complexity index is 1080. The van der Waals surface area contributed by atoms with Gasteiger partial charge >= 0.3 is 6.18 Å². The van der Waals surface area contributed by atoms with E-state index in [0.717, 1.165) is 12.1 Å². The zero-order chi connectivity index (χ0) is 24.0. The van der Waals surface area contributed by atoms with E-state index in [4.69, 9.17) is 4.42 Å². The number of nitrogens with zero attached hydrogens (tertiary/aromatic N) is 3. The van der Waals surface area contributed by atoms with E-state index in [2.05, 4.69) is 4.98 Å². The fourth-order valence-electron chi connectivity index (χ4n) is 3.26. The number of alkyl halides is 3. The summed E-state index contributed by atoms with van der Waals surface area (Å²) >= 11 is 0. The first-order chi connectivity index (χ1) is 15.6. The molecule has 33 heavy (non-hydrogen) atoms. The van der Waals surface area contributed by atoms with Crippen molar-refractivity contribution >= 4 is 5.91 Å². The molecule has 3 rings (SSSR count). The van der Waals surface area contributed by atoms with Gasteiger partial charge in [-0.2, -0.15) is 13.2 Å². The number of hydrogen-bond donors (Lipinski definition) is 0. The molecule has 1 heterocycles. The van der Waals surface area contributed by atoms with Crippen LogP contribution in [0.3, 0.4) is 0 Å². The van der Waals surface area contributed by atoms with E-state index in [-0.39, 0.29) is 42.5 Å². The third-order valence-electron chi connectivity index (χ3n) is 5.04. The van der Waals surface area contributed by atoms with E-state index >= 15 is 0 Å². The molecule has 0 spiro atoms. The fraction of sp³-hybridized carbons (Fsp3) is 0.333. The largest absolute Gasteiger partial charge is 0.441 e. The highest BCUT2D eigenvalue weighted by atomic mass is 19.4. The van der Waals surface area contributed by atoms with E-state index in [9.17, 15) is 22.4 Å². The predicted octanol–water partition coefficient (Wildman–Crippen LogP) is 5.02. The van der Waals surface area contributed by atoms with Crippen LogP contribution in [0.15, 0.2) is 59.1 Å². The Morgan fingerprint density at radius 2 is 1.82 bits per heavy atom. The summed E-state index contributed by atoms with van der Waals surface area (Å²) in [5, 5.41) is 0. The summed E-state index contributed by atoms with van der Waals surface area (Å²) in [5.74, 6) is -0.121. The van der Waals surface area contributed by atoms with Crippen LogP contribution in [0.5, 0.6) is 0 Å². The highest BCUT2D eigenvalue weighted by Crippen LogP contribution is 2.30. The number of likely N-dealkylation sites (N-methyl/N-ethyl adjacent to an activating group) is 1. The van der Waals surface area contributed by atoms with Crippen molar-refractivity contribution in [1.82, 2.24) is 14.8 Å². The van der Waals surface area contributed by atoms with Crippen molar-refractivity contribution in [1.29, 1.82) is 0 Å². The second kappa shape index (κ2) is 10.6. The van der Waals surface area contributed by atoms with Crippen LogP contribution in [0.4, 0.5) is 17.6 Å². The number of oxazole rings is 1. The number of rotatable bonds is 9. The number of hydrogen-bond acceptors (Lipinski definition) is 4. The van der Waals surface area contributed by atoms with Gasteiger partial charge in [-0.1, -0.05) is 24.3 Å². The number of aryl methyl sites for hydroxylation is 1. The van der Waals surface area contributed by atoms with Crippen LogP contribution in [0, 0.1) is 5.82 Å². The third-order valence-corrected chi connectivity index (χ3v) is 5.04. The second-order valence-corrected chi connectivity index (χ2v) is 7.91. The lowest BCUT2D eigenvalue weighted by Crippen LogP contribution is -2.36. The minimum atomic E-state index is -4.45. The molecule has 2 aromatic carbocycles. The van der Waals surface area contributed by atoms with Crippen LogP contribution >= 0.6 is 0 Å². The topological polar surface area (TPSA) is 49.6 Å². The zero-order valence-corrected chi connectivity index (χ0v) is 18.4. The van der Waals surface area contributed by atoms with Gasteiger partial charge in [0.25, 0.3) is 0 Å². The molecule has 0 unspecified atom stereocenters. The monoisotopic (exact) mass is 463 g/mol. The normalized spacial score (nSPS) is 11.7. The second-order valence-electron chi connectivity index (χ2n) is 7.91. The number of benzene rings is 2. The molecule has 0 radical (unpaired) electrons. The van der Waals surface area contributed by atoms with Crippen LogP contribution in [0.2, 0.25) is 0 Å². The Hall–Kier alpha value is -3.20. The van der Waals surface area contributed by atoms with Crippen molar-refractivity contribution in [2.45, 2.75) is 25.6 Å². The van der Waals surface area contributed by atoms with Crippen LogP contribution in [0.25, 0.3) is 11.3 Å². The van der Waals surface area contributed by atoms with Crippen LogP contribution in [-0.2, 0) is 23.9 Å². The van der Waals surface area contributed by atoms with Crippen LogP contribution in [-0.4, -0.2) is 47.9 Å². The Labute approximate surface area is 189 Å². The lowest BCUT2D eigenvalue weighted by atomic mass is 10.1. The van der Waals surface area contributed by atoms with E-state index in [0.29, 0.717) is 18.7 Å². The summed E-state index contributed by atoms with van der Waals surface area (Å²) in [6.07, 6.45) is -2.79. The smallest absolute Gasteiger partial charge is 0.416 e. The molecule has 176 valence electrons. The summed E-state index contributed by atoms with van der Waals surface area (Å²) in [6.45, 7) is 0.970. The SMILES string of the molecule is CN(C)CCN(Cc1cccc(C(F)(F)F)c1)C(=O)CCc1ncc(-c2ccccc2F)o1. The molecule has 1 amide bonds. The van der Waals surface area contributed by atoms with Crippen molar-refractivity contribution in [2.75, 3.05) is 27.2 Å². The van der Waals surface area contributed by atoms with E-state index in [1.54, 1.807) is 24.3 Å². The summed E-state index contributed by atoms with van der Waals surface area (Å²) in [5.41, 5.74) is -0.0740. The number of aromatic nitrogens is 1. The first kappa shape index (κ1) is 24.4. The maximum atomic E-state index is 13.9. The van der Waals surface area contributed by atoms with Crippen molar-refractivity contribution in [3.63, 3.8) is 0 Å². The van der Waals surface area contributed by atoms with Crippen molar-refractivity contribution < 1.29 is 26.8 Å². The molecule has 3 aromatic rings. The molecule has 0 aliphatic carbocycles. The lowest BCUT2D eigenvalue weighted by Gasteiger charge is -2.25. The fourth-order valence-corrected chi connectivity index (χ4v) is 3.26. The zero-order valence-electron chi connectivity index (χ0n) is 18.4. The molecule has 0 aliphatic heterocycles. The molecule has 0 bridgehead atoms. The minimum Gasteiger partial charge on any atom is -0.441 e. The summed E-state index contributed by atoms with van der Waals surface area (Å²) in [6, 6.07) is 11.1. The molecule has 0 fully saturated rings. The minimum absolute atomic E-state index is 0.0582. The van der Waals surface area contributed by atoms with Crippen molar-refractivity contribution in [2.24, 2.45) is 0 Å². The summed E-state index contributed by atoms with van der Waals surface area (Å²) in [7, 11) is 3.70. The molecule has 5 nitrogen and oxygen atoms in total. The number of amides is 1. The van der Waals surface area contributed by atoms with Gasteiger partial charge in [0.1, 0.15) is 5.82 Å². The number of carbonyl (C=O) groups excluding carboxylic acids is 1. The van der Waals surface area contributed by atoms with Gasteiger partial charge in [0, 0.05) is 32.5 Å². The molecule has 0 N–H and O–H groups in total. The van der Waals surface area contributed by atoms with Gasteiger partial charge in [-0.15, -0.1) is 0 Å². The maximum absolute atomic E-state index is 13.9. The van der Waals surface area contributed by atoms with Crippen LogP contribution < -0.4 is 0 Å². The highest BCUT2D eigenvalue weighted by molar-refractivity contribution is 5.76. The van der Waals surface area contributed by atoms with Gasteiger partial charge in [-0.05, 0) is 43.9 Å². The molecule has 0 saturated carbocycles. The first-order valence-corrected chi connectivity index (χ1v) is 10.4. The summed E-state index contributed by atoms with van der Waals surface area (Å²) < 4.78 is 58.7. The lowest BCUT2D eigenvalue weighted by molar-refractivity contribution is -0.137. The van der Waals surface area contributed by atoms with E-state index < -0.39 is 17.6 Å². The molecule has 0 atom stereocenters. The van der Waals surface area contributed by atoms with E-state index in [1.165, 1.54) is 23.2 Å². The maximum Gasteiger partial charge on any atom is 0.416 e. The van der Waals surface area contributed by atoms with Gasteiger partial charge in [0.2, 0.25) is 5.91 Å². The summed E-state index contributed by atoms with van der Waals surface area (Å²) in [4.78, 5) is 20.4. The first-order valence-electron chi connectivity index (χ1n) is 10.4. The van der Waals surface area contributed by atoms with Crippen molar-refractivity contribution in [3.8, 4) is 11.3 Å². The van der Waals surface area contributed by atoms with Gasteiger partial charge in [-0.3, -0.25) is 4.79 Å². The van der Waals surface area contributed by atoms with Crippen molar-refractivity contribution in [3.05, 3.63) is 77.6 Å². The predicted molar refractivity (Wildman–Crippen MR) is 116 cm³/mol. The molecule has 9 heteroatoms. The van der Waals surface area contributed by atoms with Gasteiger partial charge < -0.3 is 14.2 Å². The Kier molecular flexibility index (Phi) is 7.86. The van der Waals surface area contributed by atoms with Gasteiger partial charge in [0.15, 0.2) is 11.7 Å². The quantitative estimate of drug-likeness (QED) is 0.418. The van der Waals surface area contributed by atoms with Crippen LogP contribution in [0.1, 0.15) is 23.4 Å². The number of halogens is 4. The highest BCUT2D eigenvalue weighted by Gasteiger charge is 2.30. The Morgan fingerprint density at radius 1 is 1.06 bits per heavy atom.